The molecule has 0 saturated carbocycles. The zero-order valence-corrected chi connectivity index (χ0v) is 7.01. The van der Waals surface area contributed by atoms with Gasteiger partial charge < -0.3 is 4.42 Å². The second-order valence-corrected chi connectivity index (χ2v) is 2.46. The Bertz CT molecular complexity index is 318. The van der Waals surface area contributed by atoms with Crippen LogP contribution in [0.15, 0.2) is 16.7 Å². The Morgan fingerprint density at radius 1 is 1.58 bits per heavy atom. The zero-order chi connectivity index (χ0) is 9.14. The maximum atomic E-state index is 11.1. The fourth-order valence-electron chi connectivity index (χ4n) is 0.683. The quantitative estimate of drug-likeness (QED) is 0.719. The van der Waals surface area contributed by atoms with Crippen LogP contribution in [-0.4, -0.2) is 11.8 Å². The fourth-order valence-corrected chi connectivity index (χ4v) is 0.883. The van der Waals surface area contributed by atoms with E-state index in [9.17, 15) is 9.59 Å². The molecule has 0 aliphatic heterocycles. The van der Waals surface area contributed by atoms with E-state index >= 15 is 0 Å². The number of hydrogen-bond acceptors (Lipinski definition) is 3. The van der Waals surface area contributed by atoms with Gasteiger partial charge in [-0.05, 0) is 17.7 Å². The summed E-state index contributed by atoms with van der Waals surface area (Å²) < 4.78 is 4.66. The summed E-state index contributed by atoms with van der Waals surface area (Å²) in [6.07, 6.45) is 1.28. The largest absolute Gasteiger partial charge is 0.452 e. The van der Waals surface area contributed by atoms with Crippen LogP contribution < -0.4 is 5.32 Å². The van der Waals surface area contributed by atoms with Gasteiger partial charge in [-0.25, -0.2) is 0 Å². The third kappa shape index (κ3) is 1.85. The Morgan fingerprint density at radius 3 is 2.67 bits per heavy atom. The molecule has 5 heteroatoms. The van der Waals surface area contributed by atoms with Gasteiger partial charge in [-0.3, -0.25) is 14.9 Å². The van der Waals surface area contributed by atoms with E-state index in [1.807, 2.05) is 0 Å². The van der Waals surface area contributed by atoms with Crippen molar-refractivity contribution in [2.24, 2.45) is 0 Å². The molecule has 0 spiro atoms. The lowest BCUT2D eigenvalue weighted by Crippen LogP contribution is -2.27. The summed E-state index contributed by atoms with van der Waals surface area (Å²) in [5, 5.41) is 2.04. The molecule has 1 rings (SSSR count). The summed E-state index contributed by atoms with van der Waals surface area (Å²) in [6.45, 7) is 1.24. The molecule has 2 amide bonds. The Labute approximate surface area is 73.5 Å². The molecule has 1 aromatic rings. The van der Waals surface area contributed by atoms with Crippen LogP contribution in [0, 0.1) is 0 Å². The molecule has 0 aliphatic carbocycles. The smallest absolute Gasteiger partial charge is 0.262 e. The van der Waals surface area contributed by atoms with Crippen LogP contribution in [0.25, 0.3) is 0 Å². The standard InChI is InChI=1S/C7H6ClNO3/c1-4(10)9-7(11)5-2-3-12-6(5)8/h2-3H,1H3,(H,9,10,11). The highest BCUT2D eigenvalue weighted by Gasteiger charge is 2.13. The lowest BCUT2D eigenvalue weighted by atomic mass is 10.3. The predicted molar refractivity (Wildman–Crippen MR) is 41.9 cm³/mol. The third-order valence-corrected chi connectivity index (χ3v) is 1.44. The van der Waals surface area contributed by atoms with E-state index in [2.05, 4.69) is 9.73 Å². The van der Waals surface area contributed by atoms with Crippen LogP contribution in [-0.2, 0) is 4.79 Å². The minimum atomic E-state index is -0.554. The first-order valence-electron chi connectivity index (χ1n) is 3.16. The molecule has 0 radical (unpaired) electrons. The van der Waals surface area contributed by atoms with E-state index in [1.54, 1.807) is 0 Å². The van der Waals surface area contributed by atoms with Crippen LogP contribution in [0.3, 0.4) is 0 Å². The Balaban J connectivity index is 2.78. The average Bonchev–Trinajstić information content (AvgIpc) is 2.33. The molecule has 0 aliphatic rings. The Kier molecular flexibility index (Phi) is 2.50. The van der Waals surface area contributed by atoms with Crippen molar-refractivity contribution in [3.8, 4) is 0 Å². The highest BCUT2D eigenvalue weighted by molar-refractivity contribution is 6.32. The number of hydrogen-bond donors (Lipinski definition) is 1. The minimum absolute atomic E-state index is 0.0197. The number of carbonyl (C=O) groups excluding carboxylic acids is 2. The van der Waals surface area contributed by atoms with Crippen LogP contribution in [0.1, 0.15) is 17.3 Å². The average molecular weight is 188 g/mol. The van der Waals surface area contributed by atoms with Crippen molar-refractivity contribution in [2.75, 3.05) is 0 Å². The monoisotopic (exact) mass is 187 g/mol. The van der Waals surface area contributed by atoms with Gasteiger partial charge >= 0.3 is 0 Å². The van der Waals surface area contributed by atoms with Crippen LogP contribution in [0.5, 0.6) is 0 Å². The molecule has 1 heterocycles. The van der Waals surface area contributed by atoms with Crippen molar-refractivity contribution >= 4 is 23.4 Å². The number of amides is 2. The number of furan rings is 1. The molecule has 0 unspecified atom stereocenters. The molecule has 4 nitrogen and oxygen atoms in total. The van der Waals surface area contributed by atoms with E-state index in [1.165, 1.54) is 19.3 Å². The van der Waals surface area contributed by atoms with Gasteiger partial charge in [-0.2, -0.15) is 0 Å². The predicted octanol–water partition coefficient (Wildman–Crippen LogP) is 1.21. The summed E-state index contributed by atoms with van der Waals surface area (Å²) in [4.78, 5) is 21.5. The van der Waals surface area contributed by atoms with Crippen molar-refractivity contribution < 1.29 is 14.0 Å². The molecule has 1 N–H and O–H groups in total. The van der Waals surface area contributed by atoms with Crippen molar-refractivity contribution in [1.29, 1.82) is 0 Å². The number of halogens is 1. The van der Waals surface area contributed by atoms with E-state index in [0.29, 0.717) is 0 Å². The summed E-state index contributed by atoms with van der Waals surface area (Å²) in [5.41, 5.74) is 0.159. The van der Waals surface area contributed by atoms with Gasteiger partial charge in [0.25, 0.3) is 5.91 Å². The minimum Gasteiger partial charge on any atom is -0.452 e. The molecule has 0 saturated heterocycles. The number of nitrogens with one attached hydrogen (secondary N) is 1. The summed E-state index contributed by atoms with van der Waals surface area (Å²) in [7, 11) is 0. The lowest BCUT2D eigenvalue weighted by molar-refractivity contribution is -0.118. The van der Waals surface area contributed by atoms with Gasteiger partial charge in [0.2, 0.25) is 11.1 Å². The van der Waals surface area contributed by atoms with Gasteiger partial charge in [0.05, 0.1) is 11.8 Å². The van der Waals surface area contributed by atoms with E-state index in [-0.39, 0.29) is 10.8 Å². The van der Waals surface area contributed by atoms with Gasteiger partial charge in [-0.15, -0.1) is 0 Å². The SMILES string of the molecule is CC(=O)NC(=O)c1ccoc1Cl. The molecule has 0 fully saturated rings. The van der Waals surface area contributed by atoms with Crippen molar-refractivity contribution in [3.05, 3.63) is 23.1 Å². The summed E-state index contributed by atoms with van der Waals surface area (Å²) >= 11 is 5.48. The highest BCUT2D eigenvalue weighted by Crippen LogP contribution is 2.15. The zero-order valence-electron chi connectivity index (χ0n) is 6.26. The van der Waals surface area contributed by atoms with Crippen LogP contribution >= 0.6 is 11.6 Å². The molecular formula is C7H6ClNO3. The van der Waals surface area contributed by atoms with Crippen LogP contribution in [0.4, 0.5) is 0 Å². The summed E-state index contributed by atoms with van der Waals surface area (Å²) in [5.74, 6) is -0.987. The lowest BCUT2D eigenvalue weighted by Gasteiger charge is -1.96. The molecule has 64 valence electrons. The molecule has 0 aromatic carbocycles. The normalized spacial score (nSPS) is 9.50. The van der Waals surface area contributed by atoms with Gasteiger partial charge in [-0.1, -0.05) is 0 Å². The van der Waals surface area contributed by atoms with Gasteiger partial charge in [0, 0.05) is 6.92 Å². The van der Waals surface area contributed by atoms with E-state index in [4.69, 9.17) is 11.6 Å². The second-order valence-electron chi connectivity index (χ2n) is 2.12. The van der Waals surface area contributed by atoms with E-state index in [0.717, 1.165) is 0 Å². The second kappa shape index (κ2) is 3.40. The topological polar surface area (TPSA) is 59.3 Å². The van der Waals surface area contributed by atoms with E-state index < -0.39 is 11.8 Å². The van der Waals surface area contributed by atoms with Gasteiger partial charge in [0.15, 0.2) is 0 Å². The number of imide groups is 1. The molecule has 12 heavy (non-hydrogen) atoms. The first-order valence-corrected chi connectivity index (χ1v) is 3.54. The molecule has 1 aromatic heterocycles. The van der Waals surface area contributed by atoms with Crippen molar-refractivity contribution in [3.63, 3.8) is 0 Å². The number of rotatable bonds is 1. The number of carbonyl (C=O) groups is 2. The Hall–Kier alpha value is -1.29. The third-order valence-electron chi connectivity index (χ3n) is 1.15. The molecule has 0 atom stereocenters. The van der Waals surface area contributed by atoms with Crippen molar-refractivity contribution in [2.45, 2.75) is 6.92 Å². The fraction of sp³-hybridized carbons (Fsp3) is 0.143. The highest BCUT2D eigenvalue weighted by atomic mass is 35.5. The molecule has 0 bridgehead atoms. The first kappa shape index (κ1) is 8.80. The first-order chi connectivity index (χ1) is 5.61. The van der Waals surface area contributed by atoms with Crippen LogP contribution in [0.2, 0.25) is 5.22 Å². The maximum Gasteiger partial charge on any atom is 0.262 e. The Morgan fingerprint density at radius 2 is 2.25 bits per heavy atom. The maximum absolute atomic E-state index is 11.1. The summed E-state index contributed by atoms with van der Waals surface area (Å²) in [6, 6.07) is 1.39. The molecular weight excluding hydrogens is 182 g/mol. The van der Waals surface area contributed by atoms with Crippen molar-refractivity contribution in [1.82, 2.24) is 5.32 Å². The van der Waals surface area contributed by atoms with Gasteiger partial charge in [0.1, 0.15) is 0 Å².